The molecular weight excluding hydrogens is 220 g/mol. The van der Waals surface area contributed by atoms with Crippen LogP contribution in [0.15, 0.2) is 18.2 Å². The van der Waals surface area contributed by atoms with Gasteiger partial charge in [0, 0.05) is 11.6 Å². The zero-order valence-corrected chi connectivity index (χ0v) is 10.6. The quantitative estimate of drug-likeness (QED) is 0.817. The van der Waals surface area contributed by atoms with Crippen LogP contribution in [0.25, 0.3) is 0 Å². The topological polar surface area (TPSA) is 55.8 Å². The van der Waals surface area contributed by atoms with Crippen LogP contribution in [0.5, 0.6) is 11.5 Å². The van der Waals surface area contributed by atoms with Crippen molar-refractivity contribution in [1.29, 1.82) is 0 Å². The number of aromatic hydroxyl groups is 1. The van der Waals surface area contributed by atoms with Gasteiger partial charge in [-0.1, -0.05) is 6.07 Å². The molecule has 0 fully saturated rings. The number of phenolic OH excluding ortho intramolecular Hbond substituents is 1. The van der Waals surface area contributed by atoms with Crippen LogP contribution in [0.1, 0.15) is 26.3 Å². The van der Waals surface area contributed by atoms with E-state index < -0.39 is 5.41 Å². The van der Waals surface area contributed by atoms with Gasteiger partial charge in [0.05, 0.1) is 19.1 Å². The van der Waals surface area contributed by atoms with Gasteiger partial charge >= 0.3 is 5.97 Å². The molecule has 1 N–H and O–H groups in total. The third-order valence-corrected chi connectivity index (χ3v) is 2.64. The number of hydrogen-bond acceptors (Lipinski definition) is 4. The molecule has 1 aromatic rings. The van der Waals surface area contributed by atoms with Crippen LogP contribution in [-0.2, 0) is 14.9 Å². The summed E-state index contributed by atoms with van der Waals surface area (Å²) in [7, 11) is 1.50. The first-order valence-corrected chi connectivity index (χ1v) is 5.48. The minimum absolute atomic E-state index is 0.102. The molecule has 0 heterocycles. The highest BCUT2D eigenvalue weighted by molar-refractivity contribution is 5.83. The van der Waals surface area contributed by atoms with Gasteiger partial charge in [0.25, 0.3) is 0 Å². The van der Waals surface area contributed by atoms with Gasteiger partial charge in [0.2, 0.25) is 0 Å². The smallest absolute Gasteiger partial charge is 0.316 e. The molecule has 0 bridgehead atoms. The number of carbonyl (C=O) groups excluding carboxylic acids is 1. The summed E-state index contributed by atoms with van der Waals surface area (Å²) in [6, 6.07) is 4.68. The summed E-state index contributed by atoms with van der Waals surface area (Å²) in [4.78, 5) is 11.9. The van der Waals surface area contributed by atoms with Crippen LogP contribution in [0.4, 0.5) is 0 Å². The predicted molar refractivity (Wildman–Crippen MR) is 64.3 cm³/mol. The summed E-state index contributed by atoms with van der Waals surface area (Å²) in [5.41, 5.74) is -0.119. The van der Waals surface area contributed by atoms with Crippen molar-refractivity contribution >= 4 is 5.97 Å². The van der Waals surface area contributed by atoms with Gasteiger partial charge < -0.3 is 14.6 Å². The van der Waals surface area contributed by atoms with E-state index in [2.05, 4.69) is 0 Å². The SMILES string of the molecule is CCOC(=O)C(C)(C)c1ccc(O)cc1OC. The number of methoxy groups -OCH3 is 1. The average molecular weight is 238 g/mol. The lowest BCUT2D eigenvalue weighted by atomic mass is 9.84. The zero-order valence-electron chi connectivity index (χ0n) is 10.6. The first-order chi connectivity index (χ1) is 7.93. The van der Waals surface area contributed by atoms with E-state index in [1.165, 1.54) is 19.2 Å². The van der Waals surface area contributed by atoms with Crippen LogP contribution in [0.2, 0.25) is 0 Å². The fourth-order valence-electron chi connectivity index (χ4n) is 1.62. The monoisotopic (exact) mass is 238 g/mol. The van der Waals surface area contributed by atoms with E-state index in [1.807, 2.05) is 0 Å². The molecule has 0 saturated carbocycles. The van der Waals surface area contributed by atoms with Gasteiger partial charge in [-0.05, 0) is 26.8 Å². The molecule has 0 amide bonds. The van der Waals surface area contributed by atoms with Crippen LogP contribution in [-0.4, -0.2) is 24.8 Å². The highest BCUT2D eigenvalue weighted by atomic mass is 16.5. The molecule has 0 aliphatic heterocycles. The molecule has 1 aromatic carbocycles. The van der Waals surface area contributed by atoms with E-state index in [4.69, 9.17) is 9.47 Å². The van der Waals surface area contributed by atoms with Gasteiger partial charge in [-0.25, -0.2) is 0 Å². The van der Waals surface area contributed by atoms with E-state index in [0.717, 1.165) is 0 Å². The third-order valence-electron chi connectivity index (χ3n) is 2.64. The Kier molecular flexibility index (Phi) is 3.99. The number of ether oxygens (including phenoxy) is 2. The average Bonchev–Trinajstić information content (AvgIpc) is 2.28. The molecule has 0 atom stereocenters. The van der Waals surface area contributed by atoms with Gasteiger partial charge in [0.1, 0.15) is 11.5 Å². The zero-order chi connectivity index (χ0) is 13.1. The first kappa shape index (κ1) is 13.4. The number of phenols is 1. The van der Waals surface area contributed by atoms with Crippen LogP contribution >= 0.6 is 0 Å². The molecule has 0 aliphatic carbocycles. The van der Waals surface area contributed by atoms with E-state index >= 15 is 0 Å². The number of rotatable bonds is 4. The fourth-order valence-corrected chi connectivity index (χ4v) is 1.62. The van der Waals surface area contributed by atoms with Gasteiger partial charge in [0.15, 0.2) is 0 Å². The highest BCUT2D eigenvalue weighted by Gasteiger charge is 2.34. The lowest BCUT2D eigenvalue weighted by molar-refractivity contribution is -0.148. The Morgan fingerprint density at radius 1 is 1.41 bits per heavy atom. The Morgan fingerprint density at radius 2 is 2.06 bits per heavy atom. The second-order valence-electron chi connectivity index (χ2n) is 4.23. The third kappa shape index (κ3) is 2.70. The molecular formula is C13H18O4. The van der Waals surface area contributed by atoms with Crippen molar-refractivity contribution in [3.05, 3.63) is 23.8 Å². The molecule has 0 radical (unpaired) electrons. The van der Waals surface area contributed by atoms with E-state index in [9.17, 15) is 9.90 Å². The van der Waals surface area contributed by atoms with Crippen molar-refractivity contribution in [3.63, 3.8) is 0 Å². The Hall–Kier alpha value is -1.71. The second-order valence-corrected chi connectivity index (χ2v) is 4.23. The van der Waals surface area contributed by atoms with E-state index in [0.29, 0.717) is 17.9 Å². The number of hydrogen-bond donors (Lipinski definition) is 1. The van der Waals surface area contributed by atoms with Gasteiger partial charge in [-0.15, -0.1) is 0 Å². The number of esters is 1. The summed E-state index contributed by atoms with van der Waals surface area (Å²) in [6.07, 6.45) is 0. The second kappa shape index (κ2) is 5.08. The number of benzene rings is 1. The molecule has 0 spiro atoms. The van der Waals surface area contributed by atoms with Crippen molar-refractivity contribution in [2.75, 3.05) is 13.7 Å². The molecule has 0 unspecified atom stereocenters. The minimum Gasteiger partial charge on any atom is -0.508 e. The highest BCUT2D eigenvalue weighted by Crippen LogP contribution is 2.34. The summed E-state index contributed by atoms with van der Waals surface area (Å²) in [5, 5.41) is 9.38. The molecule has 0 aliphatic rings. The molecule has 17 heavy (non-hydrogen) atoms. The Morgan fingerprint density at radius 3 is 2.59 bits per heavy atom. The standard InChI is InChI=1S/C13H18O4/c1-5-17-12(15)13(2,3)10-7-6-9(14)8-11(10)16-4/h6-8,14H,5H2,1-4H3. The van der Waals surface area contributed by atoms with Crippen molar-refractivity contribution in [3.8, 4) is 11.5 Å². The first-order valence-electron chi connectivity index (χ1n) is 5.48. The van der Waals surface area contributed by atoms with Gasteiger partial charge in [-0.2, -0.15) is 0 Å². The fraction of sp³-hybridized carbons (Fsp3) is 0.462. The Labute approximate surface area is 101 Å². The van der Waals surface area contributed by atoms with Gasteiger partial charge in [-0.3, -0.25) is 4.79 Å². The van der Waals surface area contributed by atoms with Crippen molar-refractivity contribution in [2.24, 2.45) is 0 Å². The van der Waals surface area contributed by atoms with Crippen LogP contribution in [0.3, 0.4) is 0 Å². The normalized spacial score (nSPS) is 11.1. The van der Waals surface area contributed by atoms with Crippen molar-refractivity contribution in [2.45, 2.75) is 26.2 Å². The molecule has 4 heteroatoms. The maximum Gasteiger partial charge on any atom is 0.316 e. The summed E-state index contributed by atoms with van der Waals surface area (Å²) in [5.74, 6) is 0.261. The minimum atomic E-state index is -0.810. The Bertz CT molecular complexity index is 410. The lowest BCUT2D eigenvalue weighted by Gasteiger charge is -2.24. The van der Waals surface area contributed by atoms with Crippen LogP contribution < -0.4 is 4.74 Å². The molecule has 0 saturated heterocycles. The summed E-state index contributed by atoms with van der Waals surface area (Å²) < 4.78 is 10.2. The maximum atomic E-state index is 11.9. The van der Waals surface area contributed by atoms with E-state index in [-0.39, 0.29) is 11.7 Å². The van der Waals surface area contributed by atoms with Crippen molar-refractivity contribution in [1.82, 2.24) is 0 Å². The Balaban J connectivity index is 3.18. The van der Waals surface area contributed by atoms with E-state index in [1.54, 1.807) is 26.8 Å². The molecule has 94 valence electrons. The summed E-state index contributed by atoms with van der Waals surface area (Å²) >= 11 is 0. The molecule has 4 nitrogen and oxygen atoms in total. The molecule has 0 aromatic heterocycles. The maximum absolute atomic E-state index is 11.9. The summed E-state index contributed by atoms with van der Waals surface area (Å²) in [6.45, 7) is 5.63. The number of carbonyl (C=O) groups is 1. The largest absolute Gasteiger partial charge is 0.508 e. The predicted octanol–water partition coefficient (Wildman–Crippen LogP) is 2.24. The molecule has 1 rings (SSSR count). The van der Waals surface area contributed by atoms with Crippen LogP contribution in [0, 0.1) is 0 Å². The lowest BCUT2D eigenvalue weighted by Crippen LogP contribution is -2.31. The van der Waals surface area contributed by atoms with Crippen molar-refractivity contribution < 1.29 is 19.4 Å².